The first kappa shape index (κ1) is 14.7. The first-order valence-electron chi connectivity index (χ1n) is 7.55. The summed E-state index contributed by atoms with van der Waals surface area (Å²) in [5.74, 6) is 1.29. The molecule has 0 saturated carbocycles. The highest BCUT2D eigenvalue weighted by Crippen LogP contribution is 2.36. The molecule has 0 aromatic heterocycles. The van der Waals surface area contributed by atoms with Crippen molar-refractivity contribution in [2.24, 2.45) is 5.92 Å². The molecule has 0 spiro atoms. The van der Waals surface area contributed by atoms with Crippen molar-refractivity contribution in [1.29, 1.82) is 0 Å². The van der Waals surface area contributed by atoms with Crippen LogP contribution in [0.2, 0.25) is 5.02 Å². The van der Waals surface area contributed by atoms with Crippen molar-refractivity contribution in [3.8, 4) is 5.75 Å². The SMILES string of the molecule is O=C(CCC1CCCOC1)Nc1cc(Cl)cc2c1OCC2. The van der Waals surface area contributed by atoms with Gasteiger partial charge in [-0.2, -0.15) is 0 Å². The first-order valence-corrected chi connectivity index (χ1v) is 7.93. The van der Waals surface area contributed by atoms with E-state index in [2.05, 4.69) is 5.32 Å². The molecule has 1 aromatic carbocycles. The van der Waals surface area contributed by atoms with E-state index in [1.165, 1.54) is 0 Å². The summed E-state index contributed by atoms with van der Waals surface area (Å²) in [5.41, 5.74) is 1.76. The van der Waals surface area contributed by atoms with Gasteiger partial charge in [-0.3, -0.25) is 4.79 Å². The van der Waals surface area contributed by atoms with Crippen LogP contribution in [0, 0.1) is 5.92 Å². The standard InChI is InChI=1S/C16H20ClNO3/c17-13-8-12-5-7-21-16(12)14(9-13)18-15(19)4-3-11-2-1-6-20-10-11/h8-9,11H,1-7,10H2,(H,18,19). The molecular weight excluding hydrogens is 290 g/mol. The monoisotopic (exact) mass is 309 g/mol. The van der Waals surface area contributed by atoms with Gasteiger partial charge in [0.25, 0.3) is 0 Å². The topological polar surface area (TPSA) is 47.6 Å². The smallest absolute Gasteiger partial charge is 0.224 e. The van der Waals surface area contributed by atoms with Crippen LogP contribution in [0.3, 0.4) is 0 Å². The number of amides is 1. The summed E-state index contributed by atoms with van der Waals surface area (Å²) >= 11 is 6.09. The van der Waals surface area contributed by atoms with E-state index in [1.807, 2.05) is 6.07 Å². The zero-order valence-electron chi connectivity index (χ0n) is 12.0. The second-order valence-corrected chi connectivity index (χ2v) is 6.15. The van der Waals surface area contributed by atoms with E-state index in [0.29, 0.717) is 29.7 Å². The normalized spacial score (nSPS) is 20.7. The zero-order chi connectivity index (χ0) is 14.7. The predicted octanol–water partition coefficient (Wildman–Crippen LogP) is 3.42. The Kier molecular flexibility index (Phi) is 4.66. The lowest BCUT2D eigenvalue weighted by Gasteiger charge is -2.21. The zero-order valence-corrected chi connectivity index (χ0v) is 12.7. The maximum absolute atomic E-state index is 12.1. The fraction of sp³-hybridized carbons (Fsp3) is 0.562. The molecule has 0 aliphatic carbocycles. The highest BCUT2D eigenvalue weighted by Gasteiger charge is 2.20. The minimum absolute atomic E-state index is 0.0144. The van der Waals surface area contributed by atoms with E-state index in [-0.39, 0.29) is 5.91 Å². The highest BCUT2D eigenvalue weighted by molar-refractivity contribution is 6.31. The molecule has 1 unspecified atom stereocenters. The Morgan fingerprint density at radius 3 is 3.10 bits per heavy atom. The largest absolute Gasteiger partial charge is 0.491 e. The van der Waals surface area contributed by atoms with Crippen LogP contribution in [0.1, 0.15) is 31.2 Å². The molecule has 1 atom stereocenters. The Morgan fingerprint density at radius 1 is 1.38 bits per heavy atom. The third-order valence-electron chi connectivity index (χ3n) is 4.06. The van der Waals surface area contributed by atoms with Crippen molar-refractivity contribution >= 4 is 23.2 Å². The van der Waals surface area contributed by atoms with Gasteiger partial charge in [0.1, 0.15) is 5.75 Å². The maximum Gasteiger partial charge on any atom is 0.224 e. The quantitative estimate of drug-likeness (QED) is 0.927. The number of carbonyl (C=O) groups excluding carboxylic acids is 1. The van der Waals surface area contributed by atoms with Crippen LogP contribution < -0.4 is 10.1 Å². The van der Waals surface area contributed by atoms with Crippen molar-refractivity contribution in [3.63, 3.8) is 0 Å². The molecular formula is C16H20ClNO3. The molecule has 1 aromatic rings. The van der Waals surface area contributed by atoms with Crippen molar-refractivity contribution in [3.05, 3.63) is 22.7 Å². The van der Waals surface area contributed by atoms with E-state index in [4.69, 9.17) is 21.1 Å². The van der Waals surface area contributed by atoms with Gasteiger partial charge in [-0.15, -0.1) is 0 Å². The lowest BCUT2D eigenvalue weighted by molar-refractivity contribution is -0.116. The third kappa shape index (κ3) is 3.69. The van der Waals surface area contributed by atoms with Gasteiger partial charge in [-0.05, 0) is 37.3 Å². The Morgan fingerprint density at radius 2 is 2.29 bits per heavy atom. The number of ether oxygens (including phenoxy) is 2. The van der Waals surface area contributed by atoms with E-state index >= 15 is 0 Å². The number of fused-ring (bicyclic) bond motifs is 1. The van der Waals surface area contributed by atoms with Gasteiger partial charge in [0.05, 0.1) is 12.3 Å². The van der Waals surface area contributed by atoms with Gasteiger partial charge in [0.15, 0.2) is 0 Å². The molecule has 2 aliphatic rings. The summed E-state index contributed by atoms with van der Waals surface area (Å²) in [6.07, 6.45) is 4.48. The number of rotatable bonds is 4. The van der Waals surface area contributed by atoms with Crippen LogP contribution in [0.15, 0.2) is 12.1 Å². The first-order chi connectivity index (χ1) is 10.2. The van der Waals surface area contributed by atoms with Crippen LogP contribution >= 0.6 is 11.6 Å². The Bertz CT molecular complexity index is 526. The van der Waals surface area contributed by atoms with Crippen molar-refractivity contribution in [1.82, 2.24) is 0 Å². The molecule has 5 heteroatoms. The summed E-state index contributed by atoms with van der Waals surface area (Å²) in [5, 5.41) is 3.57. The fourth-order valence-electron chi connectivity index (χ4n) is 2.95. The molecule has 1 fully saturated rings. The van der Waals surface area contributed by atoms with Crippen LogP contribution in [0.25, 0.3) is 0 Å². The van der Waals surface area contributed by atoms with E-state index in [1.54, 1.807) is 6.07 Å². The number of halogens is 1. The summed E-state index contributed by atoms with van der Waals surface area (Å²) in [6.45, 7) is 2.29. The summed E-state index contributed by atoms with van der Waals surface area (Å²) in [7, 11) is 0. The molecule has 1 N–H and O–H groups in total. The summed E-state index contributed by atoms with van der Waals surface area (Å²) in [6, 6.07) is 3.66. The molecule has 4 nitrogen and oxygen atoms in total. The number of benzene rings is 1. The van der Waals surface area contributed by atoms with Gasteiger partial charge in [0, 0.05) is 36.6 Å². The number of hydrogen-bond donors (Lipinski definition) is 1. The molecule has 0 bridgehead atoms. The van der Waals surface area contributed by atoms with Crippen LogP contribution in [0.5, 0.6) is 5.75 Å². The van der Waals surface area contributed by atoms with Gasteiger partial charge < -0.3 is 14.8 Å². The Hall–Kier alpha value is -1.26. The van der Waals surface area contributed by atoms with Crippen molar-refractivity contribution in [2.75, 3.05) is 25.1 Å². The lowest BCUT2D eigenvalue weighted by atomic mass is 9.97. The second-order valence-electron chi connectivity index (χ2n) is 5.71. The van der Waals surface area contributed by atoms with Gasteiger partial charge in [0.2, 0.25) is 5.91 Å². The van der Waals surface area contributed by atoms with E-state index < -0.39 is 0 Å². The maximum atomic E-state index is 12.1. The highest BCUT2D eigenvalue weighted by atomic mass is 35.5. The van der Waals surface area contributed by atoms with Crippen LogP contribution in [-0.2, 0) is 16.0 Å². The summed E-state index contributed by atoms with van der Waals surface area (Å²) in [4.78, 5) is 12.1. The number of anilines is 1. The number of nitrogens with one attached hydrogen (secondary N) is 1. The van der Waals surface area contributed by atoms with Gasteiger partial charge in [-0.1, -0.05) is 11.6 Å². The van der Waals surface area contributed by atoms with E-state index in [9.17, 15) is 4.79 Å². The summed E-state index contributed by atoms with van der Waals surface area (Å²) < 4.78 is 11.0. The molecule has 1 amide bonds. The average Bonchev–Trinajstić information content (AvgIpc) is 2.94. The molecule has 1 saturated heterocycles. The van der Waals surface area contributed by atoms with Crippen LogP contribution in [0.4, 0.5) is 5.69 Å². The van der Waals surface area contributed by atoms with E-state index in [0.717, 1.165) is 50.2 Å². The predicted molar refractivity (Wildman–Crippen MR) is 82.1 cm³/mol. The molecule has 21 heavy (non-hydrogen) atoms. The molecule has 3 rings (SSSR count). The minimum Gasteiger partial charge on any atom is -0.491 e. The second kappa shape index (κ2) is 6.67. The van der Waals surface area contributed by atoms with Crippen molar-refractivity contribution in [2.45, 2.75) is 32.1 Å². The lowest BCUT2D eigenvalue weighted by Crippen LogP contribution is -2.20. The number of hydrogen-bond acceptors (Lipinski definition) is 3. The molecule has 2 aliphatic heterocycles. The Balaban J connectivity index is 1.57. The molecule has 0 radical (unpaired) electrons. The fourth-order valence-corrected chi connectivity index (χ4v) is 3.19. The van der Waals surface area contributed by atoms with Crippen molar-refractivity contribution < 1.29 is 14.3 Å². The minimum atomic E-state index is 0.0144. The third-order valence-corrected chi connectivity index (χ3v) is 4.27. The molecule has 2 heterocycles. The average molecular weight is 310 g/mol. The molecule has 114 valence electrons. The number of carbonyl (C=O) groups is 1. The van der Waals surface area contributed by atoms with Gasteiger partial charge >= 0.3 is 0 Å². The van der Waals surface area contributed by atoms with Gasteiger partial charge in [-0.25, -0.2) is 0 Å². The van der Waals surface area contributed by atoms with Crippen LogP contribution in [-0.4, -0.2) is 25.7 Å². The Labute approximate surface area is 129 Å².